The van der Waals surface area contributed by atoms with Crippen molar-refractivity contribution in [1.29, 1.82) is 0 Å². The topological polar surface area (TPSA) is 75.1 Å². The molecule has 48 valence electrons. The van der Waals surface area contributed by atoms with Crippen molar-refractivity contribution in [1.82, 2.24) is 9.55 Å². The number of H-pyrrole nitrogens is 1. The highest BCUT2D eigenvalue weighted by atomic mass is 16.4. The van der Waals surface area contributed by atoms with E-state index in [2.05, 4.69) is 4.98 Å². The molecule has 0 saturated heterocycles. The van der Waals surface area contributed by atoms with Crippen LogP contribution < -0.4 is 5.69 Å². The maximum atomic E-state index is 10.4. The van der Waals surface area contributed by atoms with Crippen molar-refractivity contribution in [2.24, 2.45) is 0 Å². The van der Waals surface area contributed by atoms with Crippen molar-refractivity contribution >= 4 is 6.09 Å². The van der Waals surface area contributed by atoms with Gasteiger partial charge in [-0.2, -0.15) is 0 Å². The van der Waals surface area contributed by atoms with Gasteiger partial charge in [0.15, 0.2) is 0 Å². The lowest BCUT2D eigenvalue weighted by atomic mass is 10.9. The Morgan fingerprint density at radius 3 is 2.67 bits per heavy atom. The highest BCUT2D eigenvalue weighted by Crippen LogP contribution is 1.74. The van der Waals surface area contributed by atoms with E-state index in [0.717, 1.165) is 6.20 Å². The Hall–Kier alpha value is -1.52. The van der Waals surface area contributed by atoms with Gasteiger partial charge in [-0.05, 0) is 0 Å². The van der Waals surface area contributed by atoms with Crippen molar-refractivity contribution in [2.45, 2.75) is 0 Å². The molecular formula is C4H4N2O3. The van der Waals surface area contributed by atoms with Gasteiger partial charge in [-0.3, -0.25) is 0 Å². The summed E-state index contributed by atoms with van der Waals surface area (Å²) in [5.74, 6) is 0. The van der Waals surface area contributed by atoms with E-state index >= 15 is 0 Å². The smallest absolute Gasteiger partial charge is 0.419 e. The molecule has 5 nitrogen and oxygen atoms in total. The number of carboxylic acid groups (broad SMARTS) is 1. The Balaban J connectivity index is 3.24. The molecule has 0 atom stereocenters. The summed E-state index contributed by atoms with van der Waals surface area (Å²) in [6.07, 6.45) is 1.13. The first-order chi connectivity index (χ1) is 4.22. The van der Waals surface area contributed by atoms with E-state index in [4.69, 9.17) is 5.11 Å². The van der Waals surface area contributed by atoms with Crippen LogP contribution in [0.15, 0.2) is 17.2 Å². The summed E-state index contributed by atoms with van der Waals surface area (Å²) in [6, 6.07) is 0. The summed E-state index contributed by atoms with van der Waals surface area (Å²) in [4.78, 5) is 22.6. The van der Waals surface area contributed by atoms with Gasteiger partial charge in [0.1, 0.15) is 0 Å². The molecule has 1 aromatic rings. The second kappa shape index (κ2) is 1.77. The molecule has 0 aliphatic carbocycles. The molecule has 0 spiro atoms. The molecule has 1 aromatic heterocycles. The Morgan fingerprint density at radius 2 is 2.44 bits per heavy atom. The van der Waals surface area contributed by atoms with Crippen molar-refractivity contribution in [2.75, 3.05) is 0 Å². The monoisotopic (exact) mass is 128 g/mol. The second-order valence-corrected chi connectivity index (χ2v) is 1.42. The summed E-state index contributed by atoms with van der Waals surface area (Å²) >= 11 is 0. The molecule has 0 aliphatic heterocycles. The van der Waals surface area contributed by atoms with Crippen LogP contribution in [0.25, 0.3) is 0 Å². The summed E-state index contributed by atoms with van der Waals surface area (Å²) in [5, 5.41) is 8.20. The first-order valence-corrected chi connectivity index (χ1v) is 2.21. The third-order valence-electron chi connectivity index (χ3n) is 0.855. The highest BCUT2D eigenvalue weighted by Gasteiger charge is 2.00. The van der Waals surface area contributed by atoms with E-state index in [0.29, 0.717) is 4.57 Å². The summed E-state index contributed by atoms with van der Waals surface area (Å²) in [5.41, 5.74) is -0.637. The first-order valence-electron chi connectivity index (χ1n) is 2.21. The Bertz CT molecular complexity index is 271. The number of aromatic nitrogens is 2. The minimum atomic E-state index is -1.28. The number of aromatic amines is 1. The van der Waals surface area contributed by atoms with Gasteiger partial charge in [-0.25, -0.2) is 14.2 Å². The molecule has 0 fully saturated rings. The average Bonchev–Trinajstić information content (AvgIpc) is 2.13. The predicted octanol–water partition coefficient (Wildman–Crippen LogP) is -0.298. The molecule has 0 radical (unpaired) electrons. The van der Waals surface area contributed by atoms with Crippen LogP contribution in [0.5, 0.6) is 0 Å². The van der Waals surface area contributed by atoms with Crippen LogP contribution in [-0.4, -0.2) is 20.8 Å². The normalized spacial score (nSPS) is 9.33. The molecule has 1 rings (SSSR count). The van der Waals surface area contributed by atoms with Crippen LogP contribution >= 0.6 is 0 Å². The van der Waals surface area contributed by atoms with Gasteiger partial charge in [-0.15, -0.1) is 0 Å². The molecule has 0 bridgehead atoms. The van der Waals surface area contributed by atoms with Gasteiger partial charge in [0.2, 0.25) is 0 Å². The van der Waals surface area contributed by atoms with Gasteiger partial charge in [0, 0.05) is 12.4 Å². The summed E-state index contributed by atoms with van der Waals surface area (Å²) in [7, 11) is 0. The SMILES string of the molecule is O=C(O)n1cc[nH]c1=O. The van der Waals surface area contributed by atoms with Crippen LogP contribution in [-0.2, 0) is 0 Å². The number of hydrogen-bond donors (Lipinski definition) is 2. The van der Waals surface area contributed by atoms with E-state index < -0.39 is 11.8 Å². The number of carbonyl (C=O) groups is 1. The molecule has 2 N–H and O–H groups in total. The first kappa shape index (κ1) is 5.61. The second-order valence-electron chi connectivity index (χ2n) is 1.42. The molecule has 0 saturated carbocycles. The van der Waals surface area contributed by atoms with E-state index in [-0.39, 0.29) is 0 Å². The number of nitrogens with zero attached hydrogens (tertiary/aromatic N) is 1. The molecule has 5 heteroatoms. The van der Waals surface area contributed by atoms with Gasteiger partial charge < -0.3 is 10.1 Å². The van der Waals surface area contributed by atoms with Crippen LogP contribution in [0.4, 0.5) is 4.79 Å². The Kier molecular flexibility index (Phi) is 1.11. The fourth-order valence-corrected chi connectivity index (χ4v) is 0.471. The highest BCUT2D eigenvalue weighted by molar-refractivity contribution is 5.67. The Morgan fingerprint density at radius 1 is 1.78 bits per heavy atom. The lowest BCUT2D eigenvalue weighted by molar-refractivity contribution is 0.195. The molecule has 0 unspecified atom stereocenters. The average molecular weight is 128 g/mol. The molecule has 0 aliphatic rings. The number of rotatable bonds is 0. The summed E-state index contributed by atoms with van der Waals surface area (Å²) < 4.78 is 0.556. The predicted molar refractivity (Wildman–Crippen MR) is 28.5 cm³/mol. The van der Waals surface area contributed by atoms with Gasteiger partial charge >= 0.3 is 11.8 Å². The van der Waals surface area contributed by atoms with Crippen LogP contribution in [0.2, 0.25) is 0 Å². The molecule has 1 heterocycles. The van der Waals surface area contributed by atoms with Crippen LogP contribution in [0, 0.1) is 0 Å². The minimum absolute atomic E-state index is 0.556. The van der Waals surface area contributed by atoms with E-state index in [1.807, 2.05) is 0 Å². The van der Waals surface area contributed by atoms with Gasteiger partial charge in [0.25, 0.3) is 0 Å². The van der Waals surface area contributed by atoms with E-state index in [9.17, 15) is 9.59 Å². The molecular weight excluding hydrogens is 124 g/mol. The van der Waals surface area contributed by atoms with Crippen molar-refractivity contribution in [3.05, 3.63) is 22.9 Å². The van der Waals surface area contributed by atoms with E-state index in [1.54, 1.807) is 0 Å². The lowest BCUT2D eigenvalue weighted by Gasteiger charge is -1.84. The molecule has 0 amide bonds. The van der Waals surface area contributed by atoms with Crippen LogP contribution in [0.1, 0.15) is 0 Å². The minimum Gasteiger partial charge on any atom is -0.464 e. The van der Waals surface area contributed by atoms with Crippen molar-refractivity contribution < 1.29 is 9.90 Å². The number of imidazole rings is 1. The van der Waals surface area contributed by atoms with Crippen molar-refractivity contribution in [3.63, 3.8) is 0 Å². The molecule has 9 heavy (non-hydrogen) atoms. The fraction of sp³-hybridized carbons (Fsp3) is 0. The standard InChI is InChI=1S/C4H4N2O3/c7-3-5-1-2-6(3)4(8)9/h1-2H,(H,5,7)(H,8,9). The zero-order valence-corrected chi connectivity index (χ0v) is 4.37. The van der Waals surface area contributed by atoms with Crippen molar-refractivity contribution in [3.8, 4) is 0 Å². The van der Waals surface area contributed by atoms with Gasteiger partial charge in [-0.1, -0.05) is 0 Å². The Labute approximate surface area is 49.6 Å². The van der Waals surface area contributed by atoms with Gasteiger partial charge in [0.05, 0.1) is 0 Å². The van der Waals surface area contributed by atoms with E-state index in [1.165, 1.54) is 6.20 Å². The quantitative estimate of drug-likeness (QED) is 0.503. The summed E-state index contributed by atoms with van der Waals surface area (Å²) in [6.45, 7) is 0. The number of nitrogens with one attached hydrogen (secondary N) is 1. The number of hydrogen-bond acceptors (Lipinski definition) is 2. The maximum Gasteiger partial charge on any atom is 0.419 e. The third kappa shape index (κ3) is 0.835. The maximum absolute atomic E-state index is 10.4. The zero-order valence-electron chi connectivity index (χ0n) is 4.37. The van der Waals surface area contributed by atoms with Crippen LogP contribution in [0.3, 0.4) is 0 Å². The fourth-order valence-electron chi connectivity index (χ4n) is 0.471. The largest absolute Gasteiger partial charge is 0.464 e. The zero-order chi connectivity index (χ0) is 6.85. The molecule has 0 aromatic carbocycles. The third-order valence-corrected chi connectivity index (χ3v) is 0.855. The lowest BCUT2D eigenvalue weighted by Crippen LogP contribution is -2.21.